The van der Waals surface area contributed by atoms with Crippen molar-refractivity contribution in [3.63, 3.8) is 0 Å². The van der Waals surface area contributed by atoms with Gasteiger partial charge in [-0.05, 0) is 37.1 Å². The van der Waals surface area contributed by atoms with Gasteiger partial charge in [-0.15, -0.1) is 0 Å². The van der Waals surface area contributed by atoms with Crippen molar-refractivity contribution in [3.05, 3.63) is 77.6 Å². The van der Waals surface area contributed by atoms with Gasteiger partial charge >= 0.3 is 11.9 Å². The lowest BCUT2D eigenvalue weighted by Crippen LogP contribution is -2.14. The number of esters is 1. The highest BCUT2D eigenvalue weighted by molar-refractivity contribution is 7.84. The molecule has 1 atom stereocenters. The van der Waals surface area contributed by atoms with E-state index in [-0.39, 0.29) is 23.5 Å². The maximum atomic E-state index is 12.7. The number of carboxylic acid groups (broad SMARTS) is 1. The Bertz CT molecular complexity index is 1060. The summed E-state index contributed by atoms with van der Waals surface area (Å²) in [6.45, 7) is 2.00. The SMILES string of the molecule is Cc1ccccc1-n1ccnc1[S@](=O)CCCOC(=O)c1ccccc1C(=O)O. The van der Waals surface area contributed by atoms with Gasteiger partial charge in [0, 0.05) is 18.1 Å². The number of hydrogen-bond donors (Lipinski definition) is 1. The van der Waals surface area contributed by atoms with E-state index in [0.29, 0.717) is 11.6 Å². The predicted octanol–water partition coefficient (Wildman–Crippen LogP) is 3.23. The Kier molecular flexibility index (Phi) is 6.56. The Morgan fingerprint density at radius 1 is 1.10 bits per heavy atom. The zero-order valence-corrected chi connectivity index (χ0v) is 16.6. The molecular formula is C21H20N2O5S. The summed E-state index contributed by atoms with van der Waals surface area (Å²) in [5, 5.41) is 9.58. The van der Waals surface area contributed by atoms with Crippen LogP contribution >= 0.6 is 0 Å². The summed E-state index contributed by atoms with van der Waals surface area (Å²) in [6.07, 6.45) is 3.72. The molecule has 0 radical (unpaired) electrons. The minimum atomic E-state index is -1.38. The largest absolute Gasteiger partial charge is 0.478 e. The maximum Gasteiger partial charge on any atom is 0.339 e. The van der Waals surface area contributed by atoms with Gasteiger partial charge in [0.25, 0.3) is 0 Å². The summed E-state index contributed by atoms with van der Waals surface area (Å²) < 4.78 is 19.6. The number of carbonyl (C=O) groups excluding carboxylic acids is 1. The Labute approximate surface area is 170 Å². The van der Waals surface area contributed by atoms with Gasteiger partial charge in [0.2, 0.25) is 5.16 Å². The van der Waals surface area contributed by atoms with Gasteiger partial charge < -0.3 is 9.84 Å². The molecule has 0 aliphatic rings. The molecule has 1 aromatic heterocycles. The molecule has 2 aromatic carbocycles. The van der Waals surface area contributed by atoms with Crippen LogP contribution in [0.1, 0.15) is 32.7 Å². The molecule has 0 aliphatic carbocycles. The third-order valence-corrected chi connectivity index (χ3v) is 5.64. The fraction of sp³-hybridized carbons (Fsp3) is 0.190. The predicted molar refractivity (Wildman–Crippen MR) is 108 cm³/mol. The second-order valence-corrected chi connectivity index (χ2v) is 7.72. The Morgan fingerprint density at radius 2 is 1.79 bits per heavy atom. The lowest BCUT2D eigenvalue weighted by atomic mass is 10.1. The van der Waals surface area contributed by atoms with Crippen molar-refractivity contribution in [1.82, 2.24) is 9.55 Å². The highest BCUT2D eigenvalue weighted by Gasteiger charge is 2.18. The number of rotatable bonds is 8. The molecule has 8 heteroatoms. The summed E-state index contributed by atoms with van der Waals surface area (Å²) in [7, 11) is -1.38. The van der Waals surface area contributed by atoms with Crippen LogP contribution in [0.5, 0.6) is 0 Å². The number of para-hydroxylation sites is 1. The molecule has 1 N–H and O–H groups in total. The summed E-state index contributed by atoms with van der Waals surface area (Å²) in [5.41, 5.74) is 1.83. The minimum Gasteiger partial charge on any atom is -0.478 e. The van der Waals surface area contributed by atoms with Crippen molar-refractivity contribution in [2.75, 3.05) is 12.4 Å². The summed E-state index contributed by atoms with van der Waals surface area (Å²) >= 11 is 0. The van der Waals surface area contributed by atoms with E-state index >= 15 is 0 Å². The smallest absolute Gasteiger partial charge is 0.339 e. The molecular weight excluding hydrogens is 392 g/mol. The molecule has 29 heavy (non-hydrogen) atoms. The van der Waals surface area contributed by atoms with E-state index in [1.54, 1.807) is 29.1 Å². The third-order valence-electron chi connectivity index (χ3n) is 4.27. The molecule has 3 aromatic rings. The van der Waals surface area contributed by atoms with Crippen LogP contribution in [-0.2, 0) is 15.5 Å². The van der Waals surface area contributed by atoms with Crippen LogP contribution < -0.4 is 0 Å². The molecule has 0 aliphatic heterocycles. The molecule has 0 bridgehead atoms. The maximum absolute atomic E-state index is 12.7. The van der Waals surface area contributed by atoms with Crippen molar-refractivity contribution in [2.45, 2.75) is 18.5 Å². The number of aromatic carboxylic acids is 1. The minimum absolute atomic E-state index is 0.00350. The summed E-state index contributed by atoms with van der Waals surface area (Å²) in [4.78, 5) is 27.6. The van der Waals surface area contributed by atoms with Crippen LogP contribution in [0.2, 0.25) is 0 Å². The second-order valence-electron chi connectivity index (χ2n) is 6.26. The molecule has 150 valence electrons. The van der Waals surface area contributed by atoms with E-state index < -0.39 is 22.7 Å². The third kappa shape index (κ3) is 4.78. The second kappa shape index (κ2) is 9.29. The number of carbonyl (C=O) groups is 2. The summed E-state index contributed by atoms with van der Waals surface area (Å²) in [5.74, 6) is -1.64. The molecule has 0 saturated heterocycles. The van der Waals surface area contributed by atoms with E-state index in [9.17, 15) is 13.8 Å². The van der Waals surface area contributed by atoms with Gasteiger partial charge in [-0.2, -0.15) is 0 Å². The van der Waals surface area contributed by atoms with E-state index in [4.69, 9.17) is 9.84 Å². The molecule has 0 fully saturated rings. The van der Waals surface area contributed by atoms with Gasteiger partial charge in [-0.3, -0.25) is 8.78 Å². The van der Waals surface area contributed by atoms with Crippen molar-refractivity contribution >= 4 is 22.7 Å². The van der Waals surface area contributed by atoms with E-state index in [1.807, 2.05) is 31.2 Å². The van der Waals surface area contributed by atoms with Crippen LogP contribution in [0.25, 0.3) is 5.69 Å². The van der Waals surface area contributed by atoms with Gasteiger partial charge in [0.1, 0.15) is 0 Å². The number of aromatic nitrogens is 2. The molecule has 0 saturated carbocycles. The molecule has 0 unspecified atom stereocenters. The number of hydrogen-bond acceptors (Lipinski definition) is 5. The number of carboxylic acids is 1. The number of benzene rings is 2. The average Bonchev–Trinajstić information content (AvgIpc) is 3.21. The van der Waals surface area contributed by atoms with E-state index in [2.05, 4.69) is 4.98 Å². The van der Waals surface area contributed by atoms with Crippen molar-refractivity contribution in [1.29, 1.82) is 0 Å². The van der Waals surface area contributed by atoms with Crippen LogP contribution in [0.15, 0.2) is 66.1 Å². The first-order chi connectivity index (χ1) is 14.0. The quantitative estimate of drug-likeness (QED) is 0.451. The standard InChI is InChI=1S/C21H20N2O5S/c1-15-7-2-5-10-18(15)23-12-11-22-21(23)29(27)14-6-13-28-20(26)17-9-4-3-8-16(17)19(24)25/h2-5,7-12H,6,13-14H2,1H3,(H,24,25)/t29-/m1/s1. The van der Waals surface area contributed by atoms with Gasteiger partial charge in [-0.1, -0.05) is 30.3 Å². The fourth-order valence-electron chi connectivity index (χ4n) is 2.85. The zero-order valence-electron chi connectivity index (χ0n) is 15.8. The normalized spacial score (nSPS) is 11.8. The Balaban J connectivity index is 1.58. The highest BCUT2D eigenvalue weighted by atomic mass is 32.2. The highest BCUT2D eigenvalue weighted by Crippen LogP contribution is 2.18. The van der Waals surface area contributed by atoms with Crippen LogP contribution in [-0.4, -0.2) is 43.2 Å². The fourth-order valence-corrected chi connectivity index (χ4v) is 3.97. The topological polar surface area (TPSA) is 98.5 Å². The first kappa shape index (κ1) is 20.5. The lowest BCUT2D eigenvalue weighted by Gasteiger charge is -2.10. The van der Waals surface area contributed by atoms with E-state index in [0.717, 1.165) is 11.3 Å². The molecule has 1 heterocycles. The van der Waals surface area contributed by atoms with Gasteiger partial charge in [-0.25, -0.2) is 14.6 Å². The molecule has 3 rings (SSSR count). The summed E-state index contributed by atoms with van der Waals surface area (Å²) in [6, 6.07) is 13.6. The average molecular weight is 412 g/mol. The van der Waals surface area contributed by atoms with Crippen molar-refractivity contribution in [2.24, 2.45) is 0 Å². The molecule has 0 amide bonds. The number of nitrogens with zero attached hydrogens (tertiary/aromatic N) is 2. The number of ether oxygens (including phenoxy) is 1. The Hall–Kier alpha value is -3.26. The van der Waals surface area contributed by atoms with Crippen LogP contribution in [0, 0.1) is 6.92 Å². The van der Waals surface area contributed by atoms with Crippen molar-refractivity contribution in [3.8, 4) is 5.69 Å². The van der Waals surface area contributed by atoms with Gasteiger partial charge in [0.15, 0.2) is 0 Å². The molecule has 0 spiro atoms. The van der Waals surface area contributed by atoms with E-state index in [1.165, 1.54) is 12.1 Å². The monoisotopic (exact) mass is 412 g/mol. The first-order valence-corrected chi connectivity index (χ1v) is 10.3. The Morgan fingerprint density at radius 3 is 2.52 bits per heavy atom. The number of imidazole rings is 1. The number of aryl methyl sites for hydroxylation is 1. The van der Waals surface area contributed by atoms with Crippen LogP contribution in [0.3, 0.4) is 0 Å². The van der Waals surface area contributed by atoms with Crippen molar-refractivity contribution < 1.29 is 23.6 Å². The van der Waals surface area contributed by atoms with Crippen LogP contribution in [0.4, 0.5) is 0 Å². The lowest BCUT2D eigenvalue weighted by molar-refractivity contribution is 0.0495. The zero-order chi connectivity index (χ0) is 20.8. The van der Waals surface area contributed by atoms with Gasteiger partial charge in [0.05, 0.1) is 34.2 Å². The molecule has 7 nitrogen and oxygen atoms in total. The first-order valence-electron chi connectivity index (χ1n) is 8.96.